The summed E-state index contributed by atoms with van der Waals surface area (Å²) in [4.78, 5) is 4.56. The summed E-state index contributed by atoms with van der Waals surface area (Å²) >= 11 is 0. The van der Waals surface area contributed by atoms with Gasteiger partial charge < -0.3 is 4.57 Å². The Balaban J connectivity index is 1.64. The van der Waals surface area contributed by atoms with E-state index in [2.05, 4.69) is 15.2 Å². The van der Waals surface area contributed by atoms with Crippen molar-refractivity contribution in [1.29, 1.82) is 5.26 Å². The van der Waals surface area contributed by atoms with Gasteiger partial charge in [0, 0.05) is 22.7 Å². The van der Waals surface area contributed by atoms with Gasteiger partial charge >= 0.3 is 0 Å². The number of imidazole rings is 1. The first-order chi connectivity index (χ1) is 15.8. The van der Waals surface area contributed by atoms with Gasteiger partial charge in [0.25, 0.3) is 0 Å². The number of rotatable bonds is 5. The number of nitrogens with zero attached hydrogens (tertiary/aromatic N) is 5. The van der Waals surface area contributed by atoms with E-state index in [-0.39, 0.29) is 16.0 Å². The molecule has 33 heavy (non-hydrogen) atoms. The summed E-state index contributed by atoms with van der Waals surface area (Å²) in [6.45, 7) is 3.15. The highest BCUT2D eigenvalue weighted by Crippen LogP contribution is 2.38. The molecule has 0 amide bonds. The van der Waals surface area contributed by atoms with Crippen molar-refractivity contribution in [3.63, 3.8) is 0 Å². The molecule has 0 unspecified atom stereocenters. The fourth-order valence-electron chi connectivity index (χ4n) is 3.88. The number of fused-ring (bicyclic) bond motifs is 1. The highest BCUT2D eigenvalue weighted by atomic mass is 32.2. The molecule has 166 valence electrons. The third-order valence-corrected chi connectivity index (χ3v) is 8.08. The van der Waals surface area contributed by atoms with Crippen LogP contribution in [0.4, 0.5) is 4.39 Å². The number of halogens is 1. The van der Waals surface area contributed by atoms with Crippen molar-refractivity contribution >= 4 is 21.0 Å². The second-order valence-corrected chi connectivity index (χ2v) is 10.9. The van der Waals surface area contributed by atoms with Crippen molar-refractivity contribution < 1.29 is 12.8 Å². The lowest BCUT2D eigenvalue weighted by Gasteiger charge is -2.12. The van der Waals surface area contributed by atoms with Gasteiger partial charge in [0.05, 0.1) is 34.3 Å². The summed E-state index contributed by atoms with van der Waals surface area (Å²) in [6.07, 6.45) is 5.51. The van der Waals surface area contributed by atoms with Gasteiger partial charge in [-0.15, -0.1) is 5.10 Å². The Hall–Kier alpha value is -3.64. The standard InChI is InChI=1S/C24H20FN5O2S/c1-14(2)33(31,32)18-6-7-19(16(9-18)11-26)20-10-15(3-8-22(20)25)21-12-28-29-24-23(21)27-13-30(24)17-4-5-17/h3,6-10,12-14,17H,4-5H2,1-2H3. The van der Waals surface area contributed by atoms with E-state index in [0.29, 0.717) is 33.9 Å². The molecule has 2 aromatic heterocycles. The predicted octanol–water partition coefficient (Wildman–Crippen LogP) is 4.69. The minimum Gasteiger partial charge on any atom is -0.311 e. The Morgan fingerprint density at radius 1 is 1.12 bits per heavy atom. The van der Waals surface area contributed by atoms with Gasteiger partial charge in [0.2, 0.25) is 0 Å². The van der Waals surface area contributed by atoms with Crippen LogP contribution in [0.3, 0.4) is 0 Å². The maximum absolute atomic E-state index is 14.9. The van der Waals surface area contributed by atoms with Crippen LogP contribution in [0.2, 0.25) is 0 Å². The number of sulfone groups is 1. The van der Waals surface area contributed by atoms with Gasteiger partial charge in [0.15, 0.2) is 15.5 Å². The lowest BCUT2D eigenvalue weighted by atomic mass is 9.96. The first kappa shape index (κ1) is 21.2. The molecule has 0 atom stereocenters. The Labute approximate surface area is 190 Å². The lowest BCUT2D eigenvalue weighted by Crippen LogP contribution is -2.14. The molecule has 0 spiro atoms. The van der Waals surface area contributed by atoms with Crippen LogP contribution in [0, 0.1) is 17.1 Å². The highest BCUT2D eigenvalue weighted by molar-refractivity contribution is 7.92. The second kappa shape index (κ2) is 7.74. The maximum atomic E-state index is 14.9. The van der Waals surface area contributed by atoms with Crippen LogP contribution in [-0.2, 0) is 9.84 Å². The number of benzene rings is 2. The van der Waals surface area contributed by atoms with E-state index in [4.69, 9.17) is 0 Å². The van der Waals surface area contributed by atoms with Crippen LogP contribution >= 0.6 is 0 Å². The van der Waals surface area contributed by atoms with E-state index in [9.17, 15) is 18.1 Å². The minimum absolute atomic E-state index is 0.0417. The molecular weight excluding hydrogens is 441 g/mol. The summed E-state index contributed by atoms with van der Waals surface area (Å²) in [5.41, 5.74) is 3.35. The quantitative estimate of drug-likeness (QED) is 0.427. The molecule has 9 heteroatoms. The zero-order chi connectivity index (χ0) is 23.3. The Morgan fingerprint density at radius 3 is 2.61 bits per heavy atom. The van der Waals surface area contributed by atoms with Crippen molar-refractivity contribution in [2.24, 2.45) is 0 Å². The van der Waals surface area contributed by atoms with E-state index in [1.165, 1.54) is 24.3 Å². The third-order valence-electron chi connectivity index (χ3n) is 5.93. The van der Waals surface area contributed by atoms with Gasteiger partial charge in [0.1, 0.15) is 11.3 Å². The average molecular weight is 462 g/mol. The normalized spacial score (nSPS) is 14.0. The van der Waals surface area contributed by atoms with Crippen molar-refractivity contribution in [3.8, 4) is 28.3 Å². The third kappa shape index (κ3) is 3.56. The Bertz CT molecular complexity index is 1550. The van der Waals surface area contributed by atoms with Gasteiger partial charge in [-0.25, -0.2) is 17.8 Å². The fraction of sp³-hybridized carbons (Fsp3) is 0.250. The van der Waals surface area contributed by atoms with Crippen molar-refractivity contribution in [1.82, 2.24) is 19.7 Å². The first-order valence-corrected chi connectivity index (χ1v) is 12.1. The number of hydrogen-bond acceptors (Lipinski definition) is 6. The van der Waals surface area contributed by atoms with Gasteiger partial charge in [-0.3, -0.25) is 0 Å². The van der Waals surface area contributed by atoms with Crippen LogP contribution in [-0.4, -0.2) is 33.4 Å². The minimum atomic E-state index is -3.56. The van der Waals surface area contributed by atoms with Gasteiger partial charge in [-0.05, 0) is 56.5 Å². The molecule has 0 bridgehead atoms. The molecule has 2 aromatic carbocycles. The molecule has 0 N–H and O–H groups in total. The number of aromatic nitrogens is 4. The summed E-state index contributed by atoms with van der Waals surface area (Å²) in [5.74, 6) is -0.517. The van der Waals surface area contributed by atoms with E-state index >= 15 is 0 Å². The van der Waals surface area contributed by atoms with Crippen LogP contribution in [0.15, 0.2) is 53.8 Å². The second-order valence-electron chi connectivity index (χ2n) is 8.42. The van der Waals surface area contributed by atoms with Crippen molar-refractivity contribution in [3.05, 3.63) is 60.3 Å². The van der Waals surface area contributed by atoms with E-state index in [1.807, 2.05) is 10.6 Å². The van der Waals surface area contributed by atoms with E-state index in [1.54, 1.807) is 38.5 Å². The number of nitriles is 1. The largest absolute Gasteiger partial charge is 0.311 e. The summed E-state index contributed by atoms with van der Waals surface area (Å²) < 4.78 is 42.0. The molecule has 1 aliphatic carbocycles. The predicted molar refractivity (Wildman–Crippen MR) is 121 cm³/mol. The maximum Gasteiger partial charge on any atom is 0.183 e. The smallest absolute Gasteiger partial charge is 0.183 e. The van der Waals surface area contributed by atoms with Gasteiger partial charge in [-0.2, -0.15) is 10.4 Å². The molecule has 1 aliphatic rings. The lowest BCUT2D eigenvalue weighted by molar-refractivity contribution is 0.587. The highest BCUT2D eigenvalue weighted by Gasteiger charge is 2.27. The fourth-order valence-corrected chi connectivity index (χ4v) is 4.96. The molecule has 5 rings (SSSR count). The average Bonchev–Trinajstić information content (AvgIpc) is 3.57. The van der Waals surface area contributed by atoms with Gasteiger partial charge in [-0.1, -0.05) is 12.1 Å². The zero-order valence-corrected chi connectivity index (χ0v) is 18.8. The monoisotopic (exact) mass is 461 g/mol. The van der Waals surface area contributed by atoms with E-state index in [0.717, 1.165) is 12.8 Å². The van der Waals surface area contributed by atoms with Crippen LogP contribution < -0.4 is 0 Å². The SMILES string of the molecule is CC(C)S(=O)(=O)c1ccc(-c2cc(-c3cnnc4c3ncn4C3CC3)ccc2F)c(C#N)c1. The first-order valence-electron chi connectivity index (χ1n) is 10.6. The molecule has 2 heterocycles. The molecule has 0 aliphatic heterocycles. The van der Waals surface area contributed by atoms with Crippen molar-refractivity contribution in [2.45, 2.75) is 42.9 Å². The molecule has 7 nitrogen and oxygen atoms in total. The Morgan fingerprint density at radius 2 is 1.91 bits per heavy atom. The van der Waals surface area contributed by atoms with Crippen molar-refractivity contribution in [2.75, 3.05) is 0 Å². The Kier molecular flexibility index (Phi) is 4.98. The topological polar surface area (TPSA) is 102 Å². The zero-order valence-electron chi connectivity index (χ0n) is 18.0. The van der Waals surface area contributed by atoms with Crippen LogP contribution in [0.5, 0.6) is 0 Å². The summed E-state index contributed by atoms with van der Waals surface area (Å²) in [7, 11) is -3.56. The molecule has 4 aromatic rings. The van der Waals surface area contributed by atoms with E-state index < -0.39 is 20.9 Å². The molecule has 1 saturated carbocycles. The number of hydrogen-bond donors (Lipinski definition) is 0. The van der Waals surface area contributed by atoms with Crippen LogP contribution in [0.1, 0.15) is 38.3 Å². The molecule has 0 radical (unpaired) electrons. The summed E-state index contributed by atoms with van der Waals surface area (Å²) in [6, 6.07) is 11.2. The molecule has 0 saturated heterocycles. The van der Waals surface area contributed by atoms with Crippen LogP contribution in [0.25, 0.3) is 33.4 Å². The summed E-state index contributed by atoms with van der Waals surface area (Å²) in [5, 5.41) is 17.4. The molecular formula is C24H20FN5O2S. The molecule has 1 fully saturated rings.